The number of benzene rings is 1. The Morgan fingerprint density at radius 3 is 1.57 bits per heavy atom. The minimum absolute atomic E-state index is 0.450. The molecule has 0 aromatic heterocycles. The lowest BCUT2D eigenvalue weighted by Gasteiger charge is -2.04. The number of nitrogens with two attached hydrogens (primary N) is 2. The molecule has 0 saturated heterocycles. The number of hydrogen-bond donors (Lipinski definition) is 4. The maximum atomic E-state index is 10.6. The Hall–Kier alpha value is -2.58. The lowest BCUT2D eigenvalue weighted by molar-refractivity contribution is -0.139. The van der Waals surface area contributed by atoms with Crippen LogP contribution in [0.15, 0.2) is 34.3 Å². The van der Waals surface area contributed by atoms with Crippen LogP contribution in [0.25, 0.3) is 0 Å². The molecule has 2 unspecified atom stereocenters. The number of carboxylic acid groups (broad SMARTS) is 2. The number of carbonyl (C=O) groups is 2. The zero-order valence-corrected chi connectivity index (χ0v) is 16.0. The molecule has 0 aliphatic carbocycles. The summed E-state index contributed by atoms with van der Waals surface area (Å²) in [6.45, 7) is 1.23. The van der Waals surface area contributed by atoms with Crippen molar-refractivity contribution in [1.82, 2.24) is 0 Å². The molecule has 0 aliphatic heterocycles. The van der Waals surface area contributed by atoms with Crippen molar-refractivity contribution in [1.29, 1.82) is 0 Å². The first kappa shape index (κ1) is 23.5. The van der Waals surface area contributed by atoms with Crippen molar-refractivity contribution in [3.8, 4) is 0 Å². The molecule has 0 heterocycles. The average molecular weight is 390 g/mol. The summed E-state index contributed by atoms with van der Waals surface area (Å²) in [7, 11) is 0. The predicted octanol–water partition coefficient (Wildman–Crippen LogP) is 1.69. The Kier molecular flexibility index (Phi) is 11.4. The Balaban J connectivity index is 2.37. The molecule has 0 spiro atoms. The van der Waals surface area contributed by atoms with Gasteiger partial charge < -0.3 is 21.7 Å². The zero-order valence-electron chi connectivity index (χ0n) is 16.0. The normalized spacial score (nSPS) is 13.8. The maximum absolute atomic E-state index is 10.6. The molecule has 0 aliphatic rings. The number of rotatable bonds is 14. The lowest BCUT2D eigenvalue weighted by atomic mass is 10.1. The van der Waals surface area contributed by atoms with E-state index in [1.165, 1.54) is 0 Å². The van der Waals surface area contributed by atoms with Crippen molar-refractivity contribution in [2.24, 2.45) is 21.5 Å². The SMILES string of the molecule is NC(CCCCN=Cc1ccccc1C=NCCCCC(N)C(=O)O)C(=O)O. The quantitative estimate of drug-likeness (QED) is 0.280. The number of aliphatic imine (C=N–C) groups is 2. The minimum atomic E-state index is -0.971. The van der Waals surface area contributed by atoms with Gasteiger partial charge in [0, 0.05) is 36.6 Å². The lowest BCUT2D eigenvalue weighted by Crippen LogP contribution is -2.29. The summed E-state index contributed by atoms with van der Waals surface area (Å²) in [4.78, 5) is 30.1. The van der Waals surface area contributed by atoms with Crippen molar-refractivity contribution in [3.63, 3.8) is 0 Å². The van der Waals surface area contributed by atoms with Gasteiger partial charge in [0.2, 0.25) is 0 Å². The van der Waals surface area contributed by atoms with Crippen LogP contribution in [0.1, 0.15) is 49.7 Å². The van der Waals surface area contributed by atoms with E-state index in [-0.39, 0.29) is 0 Å². The number of nitrogens with zero attached hydrogens (tertiary/aromatic N) is 2. The smallest absolute Gasteiger partial charge is 0.320 e. The second kappa shape index (κ2) is 13.6. The van der Waals surface area contributed by atoms with Gasteiger partial charge in [0.1, 0.15) is 12.1 Å². The maximum Gasteiger partial charge on any atom is 0.320 e. The molecule has 0 saturated carbocycles. The van der Waals surface area contributed by atoms with Crippen LogP contribution in [0.3, 0.4) is 0 Å². The molecule has 8 nitrogen and oxygen atoms in total. The molecular formula is C20H30N4O4. The Labute approximate surface area is 165 Å². The van der Waals surface area contributed by atoms with Gasteiger partial charge in [-0.1, -0.05) is 24.3 Å². The van der Waals surface area contributed by atoms with Gasteiger partial charge in [-0.3, -0.25) is 19.6 Å². The van der Waals surface area contributed by atoms with Gasteiger partial charge in [-0.15, -0.1) is 0 Å². The summed E-state index contributed by atoms with van der Waals surface area (Å²) in [6.07, 6.45) is 7.50. The highest BCUT2D eigenvalue weighted by Crippen LogP contribution is 2.06. The molecule has 0 fully saturated rings. The van der Waals surface area contributed by atoms with Crippen molar-refractivity contribution in [2.75, 3.05) is 13.1 Å². The fourth-order valence-corrected chi connectivity index (χ4v) is 2.45. The number of aliphatic carboxylic acids is 2. The highest BCUT2D eigenvalue weighted by Gasteiger charge is 2.10. The summed E-state index contributed by atoms with van der Waals surface area (Å²) >= 11 is 0. The van der Waals surface area contributed by atoms with Crippen LogP contribution in [0.5, 0.6) is 0 Å². The van der Waals surface area contributed by atoms with Crippen molar-refractivity contribution in [3.05, 3.63) is 35.4 Å². The van der Waals surface area contributed by atoms with Gasteiger partial charge in [-0.05, 0) is 38.5 Å². The summed E-state index contributed by atoms with van der Waals surface area (Å²) in [5.74, 6) is -1.94. The van der Waals surface area contributed by atoms with E-state index in [0.29, 0.717) is 25.9 Å². The van der Waals surface area contributed by atoms with E-state index < -0.39 is 24.0 Å². The first-order valence-corrected chi connectivity index (χ1v) is 9.47. The minimum Gasteiger partial charge on any atom is -0.480 e. The number of carboxylic acids is 2. The van der Waals surface area contributed by atoms with Gasteiger partial charge in [0.05, 0.1) is 0 Å². The van der Waals surface area contributed by atoms with E-state index in [1.807, 2.05) is 24.3 Å². The fourth-order valence-electron chi connectivity index (χ4n) is 2.45. The van der Waals surface area contributed by atoms with Gasteiger partial charge in [0.15, 0.2) is 0 Å². The fraction of sp³-hybridized carbons (Fsp3) is 0.500. The molecule has 0 radical (unpaired) electrons. The zero-order chi connectivity index (χ0) is 20.8. The molecule has 1 rings (SSSR count). The summed E-state index contributed by atoms with van der Waals surface area (Å²) in [5, 5.41) is 17.5. The largest absolute Gasteiger partial charge is 0.480 e. The van der Waals surface area contributed by atoms with E-state index in [2.05, 4.69) is 9.98 Å². The van der Waals surface area contributed by atoms with E-state index >= 15 is 0 Å². The topological polar surface area (TPSA) is 151 Å². The van der Waals surface area contributed by atoms with Gasteiger partial charge in [-0.2, -0.15) is 0 Å². The van der Waals surface area contributed by atoms with Crippen molar-refractivity contribution in [2.45, 2.75) is 50.6 Å². The second-order valence-electron chi connectivity index (χ2n) is 6.58. The summed E-state index contributed by atoms with van der Waals surface area (Å²) in [6, 6.07) is 6.16. The van der Waals surface area contributed by atoms with Crippen LogP contribution >= 0.6 is 0 Å². The number of hydrogen-bond acceptors (Lipinski definition) is 6. The first-order chi connectivity index (χ1) is 13.4. The predicted molar refractivity (Wildman–Crippen MR) is 110 cm³/mol. The van der Waals surface area contributed by atoms with Crippen LogP contribution in [0, 0.1) is 0 Å². The van der Waals surface area contributed by atoms with Crippen LogP contribution in [-0.2, 0) is 9.59 Å². The van der Waals surface area contributed by atoms with Crippen LogP contribution in [0.2, 0.25) is 0 Å². The van der Waals surface area contributed by atoms with Gasteiger partial charge in [-0.25, -0.2) is 0 Å². The van der Waals surface area contributed by atoms with Crippen molar-refractivity contribution >= 4 is 24.4 Å². The first-order valence-electron chi connectivity index (χ1n) is 9.47. The summed E-state index contributed by atoms with van der Waals surface area (Å²) < 4.78 is 0. The standard InChI is InChI=1S/C20H30N4O4/c21-17(19(25)26)9-3-5-11-23-13-15-7-1-2-8-16(15)14-24-12-6-4-10-18(22)20(27)28/h1-2,7-8,13-14,17-18H,3-6,9-12,21-22H2,(H,25,26)(H,27,28). The molecular weight excluding hydrogens is 360 g/mol. The molecule has 6 N–H and O–H groups in total. The van der Waals surface area contributed by atoms with Gasteiger partial charge >= 0.3 is 11.9 Å². The Morgan fingerprint density at radius 1 is 0.821 bits per heavy atom. The summed E-state index contributed by atoms with van der Waals surface area (Å²) in [5.41, 5.74) is 12.8. The van der Waals surface area contributed by atoms with Crippen LogP contribution in [0.4, 0.5) is 0 Å². The van der Waals surface area contributed by atoms with Crippen LogP contribution < -0.4 is 11.5 Å². The molecule has 154 valence electrons. The van der Waals surface area contributed by atoms with Crippen LogP contribution in [-0.4, -0.2) is 59.8 Å². The second-order valence-corrected chi connectivity index (χ2v) is 6.58. The molecule has 0 bridgehead atoms. The molecule has 1 aromatic rings. The highest BCUT2D eigenvalue weighted by atomic mass is 16.4. The molecule has 28 heavy (non-hydrogen) atoms. The average Bonchev–Trinajstić information content (AvgIpc) is 2.67. The van der Waals surface area contributed by atoms with Crippen molar-refractivity contribution < 1.29 is 19.8 Å². The Bertz CT molecular complexity index is 619. The van der Waals surface area contributed by atoms with E-state index in [0.717, 1.165) is 36.8 Å². The van der Waals surface area contributed by atoms with E-state index in [1.54, 1.807) is 12.4 Å². The third-order valence-corrected chi connectivity index (χ3v) is 4.20. The van der Waals surface area contributed by atoms with E-state index in [9.17, 15) is 9.59 Å². The third-order valence-electron chi connectivity index (χ3n) is 4.20. The number of unbranched alkanes of at least 4 members (excludes halogenated alkanes) is 2. The van der Waals surface area contributed by atoms with E-state index in [4.69, 9.17) is 21.7 Å². The van der Waals surface area contributed by atoms with Gasteiger partial charge in [0.25, 0.3) is 0 Å². The molecule has 1 aromatic carbocycles. The highest BCUT2D eigenvalue weighted by molar-refractivity contribution is 5.94. The molecule has 8 heteroatoms. The Morgan fingerprint density at radius 2 is 1.21 bits per heavy atom. The molecule has 0 amide bonds. The monoisotopic (exact) mass is 390 g/mol. The third kappa shape index (κ3) is 9.94. The molecule has 2 atom stereocenters.